The van der Waals surface area contributed by atoms with Crippen LogP contribution in [0.3, 0.4) is 0 Å². The lowest BCUT2D eigenvalue weighted by atomic mass is 10.2. The van der Waals surface area contributed by atoms with Crippen molar-refractivity contribution in [2.75, 3.05) is 30.4 Å². The number of carbonyl (C=O) groups excluding carboxylic acids is 1. The van der Waals surface area contributed by atoms with E-state index in [4.69, 9.17) is 0 Å². The standard InChI is InChI=1S/C15H19N5O3S/c1-19(13-4-7-24(22,23)10-13)9-15(21)18-12-2-3-14(17-8-12)20-6-5-16-11-20/h2-3,5-6,8,11,13H,4,7,9-10H2,1H3,(H,18,21)/t13-/m1/s1. The van der Waals surface area contributed by atoms with Crippen molar-refractivity contribution in [1.82, 2.24) is 19.4 Å². The molecule has 2 aromatic heterocycles. The second-order valence-corrected chi connectivity index (χ2v) is 8.12. The Morgan fingerprint density at radius 3 is 2.88 bits per heavy atom. The molecule has 1 aliphatic heterocycles. The van der Waals surface area contributed by atoms with E-state index in [0.29, 0.717) is 17.9 Å². The molecule has 3 heterocycles. The summed E-state index contributed by atoms with van der Waals surface area (Å²) in [5, 5.41) is 2.77. The Balaban J connectivity index is 1.55. The highest BCUT2D eigenvalue weighted by molar-refractivity contribution is 7.91. The number of carbonyl (C=O) groups is 1. The Hall–Kier alpha value is -2.26. The molecule has 1 saturated heterocycles. The van der Waals surface area contributed by atoms with E-state index in [1.165, 1.54) is 0 Å². The van der Waals surface area contributed by atoms with Crippen LogP contribution < -0.4 is 5.32 Å². The van der Waals surface area contributed by atoms with E-state index in [9.17, 15) is 13.2 Å². The van der Waals surface area contributed by atoms with Gasteiger partial charge in [-0.25, -0.2) is 18.4 Å². The minimum atomic E-state index is -2.95. The molecule has 0 aliphatic carbocycles. The molecule has 2 aromatic rings. The van der Waals surface area contributed by atoms with Crippen LogP contribution in [0.2, 0.25) is 0 Å². The van der Waals surface area contributed by atoms with Crippen LogP contribution in [0.15, 0.2) is 37.1 Å². The molecular formula is C15H19N5O3S. The van der Waals surface area contributed by atoms with Gasteiger partial charge in [-0.05, 0) is 25.6 Å². The van der Waals surface area contributed by atoms with Crippen LogP contribution in [0.4, 0.5) is 5.69 Å². The van der Waals surface area contributed by atoms with Gasteiger partial charge in [0.25, 0.3) is 0 Å². The summed E-state index contributed by atoms with van der Waals surface area (Å²) < 4.78 is 24.8. The Morgan fingerprint density at radius 1 is 1.46 bits per heavy atom. The SMILES string of the molecule is CN(CC(=O)Nc1ccc(-n2ccnc2)nc1)[C@@H]1CCS(=O)(=O)C1. The van der Waals surface area contributed by atoms with Gasteiger partial charge in [0.2, 0.25) is 5.91 Å². The third-order valence-corrected chi connectivity index (χ3v) is 5.78. The monoisotopic (exact) mass is 349 g/mol. The summed E-state index contributed by atoms with van der Waals surface area (Å²) in [6, 6.07) is 3.45. The molecule has 0 unspecified atom stereocenters. The van der Waals surface area contributed by atoms with E-state index in [-0.39, 0.29) is 30.0 Å². The fourth-order valence-electron chi connectivity index (χ4n) is 2.69. The maximum atomic E-state index is 12.1. The second kappa shape index (κ2) is 6.70. The summed E-state index contributed by atoms with van der Waals surface area (Å²) in [4.78, 5) is 22.1. The molecule has 0 aromatic carbocycles. The van der Waals surface area contributed by atoms with Gasteiger partial charge in [0, 0.05) is 18.4 Å². The number of nitrogens with zero attached hydrogens (tertiary/aromatic N) is 4. The van der Waals surface area contributed by atoms with E-state index in [1.807, 2.05) is 0 Å². The first kappa shape index (κ1) is 16.6. The summed E-state index contributed by atoms with van der Waals surface area (Å²) >= 11 is 0. The number of rotatable bonds is 5. The zero-order valence-electron chi connectivity index (χ0n) is 13.3. The Labute approximate surface area is 140 Å². The van der Waals surface area contributed by atoms with E-state index < -0.39 is 9.84 Å². The first-order chi connectivity index (χ1) is 11.4. The molecule has 1 aliphatic rings. The predicted octanol–water partition coefficient (Wildman–Crippen LogP) is 0.325. The molecule has 1 fully saturated rings. The summed E-state index contributed by atoms with van der Waals surface area (Å²) in [6.45, 7) is 0.142. The number of nitrogens with one attached hydrogen (secondary N) is 1. The van der Waals surface area contributed by atoms with Crippen molar-refractivity contribution in [2.45, 2.75) is 12.5 Å². The van der Waals surface area contributed by atoms with Crippen LogP contribution in [0, 0.1) is 0 Å². The van der Waals surface area contributed by atoms with Gasteiger partial charge in [0.05, 0.1) is 29.9 Å². The van der Waals surface area contributed by atoms with Crippen molar-refractivity contribution < 1.29 is 13.2 Å². The van der Waals surface area contributed by atoms with Crippen LogP contribution in [-0.4, -0.2) is 64.9 Å². The van der Waals surface area contributed by atoms with Gasteiger partial charge in [0.15, 0.2) is 9.84 Å². The van der Waals surface area contributed by atoms with Crippen molar-refractivity contribution >= 4 is 21.4 Å². The minimum Gasteiger partial charge on any atom is -0.324 e. The average molecular weight is 349 g/mol. The lowest BCUT2D eigenvalue weighted by molar-refractivity contribution is -0.117. The number of pyridine rings is 1. The number of anilines is 1. The second-order valence-electron chi connectivity index (χ2n) is 5.90. The molecule has 3 rings (SSSR count). The first-order valence-corrected chi connectivity index (χ1v) is 9.40. The summed E-state index contributed by atoms with van der Waals surface area (Å²) in [6.07, 6.45) is 7.24. The van der Waals surface area contributed by atoms with Crippen molar-refractivity contribution in [1.29, 1.82) is 0 Å². The fourth-order valence-corrected chi connectivity index (χ4v) is 4.49. The molecular weight excluding hydrogens is 330 g/mol. The van der Waals surface area contributed by atoms with Gasteiger partial charge in [-0.2, -0.15) is 0 Å². The Bertz CT molecular complexity index is 802. The lowest BCUT2D eigenvalue weighted by Crippen LogP contribution is -2.38. The van der Waals surface area contributed by atoms with Crippen LogP contribution in [-0.2, 0) is 14.6 Å². The number of likely N-dealkylation sites (N-methyl/N-ethyl adjacent to an activating group) is 1. The minimum absolute atomic E-state index is 0.0949. The molecule has 1 amide bonds. The maximum Gasteiger partial charge on any atom is 0.238 e. The molecule has 0 spiro atoms. The van der Waals surface area contributed by atoms with E-state index in [2.05, 4.69) is 15.3 Å². The zero-order chi connectivity index (χ0) is 17.2. The van der Waals surface area contributed by atoms with Gasteiger partial charge in [-0.1, -0.05) is 0 Å². The molecule has 1 N–H and O–H groups in total. The zero-order valence-corrected chi connectivity index (χ0v) is 14.1. The number of hydrogen-bond acceptors (Lipinski definition) is 6. The maximum absolute atomic E-state index is 12.1. The van der Waals surface area contributed by atoms with Gasteiger partial charge < -0.3 is 5.32 Å². The van der Waals surface area contributed by atoms with Gasteiger partial charge in [0.1, 0.15) is 12.1 Å². The average Bonchev–Trinajstić information content (AvgIpc) is 3.17. The van der Waals surface area contributed by atoms with E-state index >= 15 is 0 Å². The Morgan fingerprint density at radius 2 is 2.29 bits per heavy atom. The number of aromatic nitrogens is 3. The molecule has 9 heteroatoms. The van der Waals surface area contributed by atoms with Crippen molar-refractivity contribution in [2.24, 2.45) is 0 Å². The van der Waals surface area contributed by atoms with E-state index in [1.54, 1.807) is 53.6 Å². The third kappa shape index (κ3) is 3.98. The number of hydrogen-bond donors (Lipinski definition) is 1. The van der Waals surface area contributed by atoms with Crippen LogP contribution in [0.5, 0.6) is 0 Å². The van der Waals surface area contributed by atoms with Crippen molar-refractivity contribution in [3.05, 3.63) is 37.1 Å². The number of imidazole rings is 1. The molecule has 0 bridgehead atoms. The Kier molecular flexibility index (Phi) is 4.63. The fraction of sp³-hybridized carbons (Fsp3) is 0.400. The molecule has 0 radical (unpaired) electrons. The molecule has 8 nitrogen and oxygen atoms in total. The van der Waals surface area contributed by atoms with Crippen molar-refractivity contribution in [3.63, 3.8) is 0 Å². The number of sulfone groups is 1. The normalized spacial score (nSPS) is 19.5. The lowest BCUT2D eigenvalue weighted by Gasteiger charge is -2.22. The highest BCUT2D eigenvalue weighted by atomic mass is 32.2. The summed E-state index contributed by atoms with van der Waals surface area (Å²) in [5.74, 6) is 0.832. The summed E-state index contributed by atoms with van der Waals surface area (Å²) in [5.41, 5.74) is 0.594. The largest absolute Gasteiger partial charge is 0.324 e. The van der Waals surface area contributed by atoms with Gasteiger partial charge >= 0.3 is 0 Å². The predicted molar refractivity (Wildman–Crippen MR) is 89.7 cm³/mol. The molecule has 1 atom stereocenters. The summed E-state index contributed by atoms with van der Waals surface area (Å²) in [7, 11) is -1.18. The number of amides is 1. The third-order valence-electron chi connectivity index (χ3n) is 4.03. The highest BCUT2D eigenvalue weighted by Gasteiger charge is 2.31. The molecule has 128 valence electrons. The van der Waals surface area contributed by atoms with E-state index in [0.717, 1.165) is 0 Å². The van der Waals surface area contributed by atoms with Crippen LogP contribution in [0.1, 0.15) is 6.42 Å². The van der Waals surface area contributed by atoms with Gasteiger partial charge in [-0.3, -0.25) is 14.3 Å². The van der Waals surface area contributed by atoms with Crippen molar-refractivity contribution in [3.8, 4) is 5.82 Å². The highest BCUT2D eigenvalue weighted by Crippen LogP contribution is 2.16. The van der Waals surface area contributed by atoms with Crippen LogP contribution >= 0.6 is 0 Å². The van der Waals surface area contributed by atoms with Gasteiger partial charge in [-0.15, -0.1) is 0 Å². The smallest absolute Gasteiger partial charge is 0.238 e. The molecule has 24 heavy (non-hydrogen) atoms. The first-order valence-electron chi connectivity index (χ1n) is 7.58. The molecule has 0 saturated carbocycles. The topological polar surface area (TPSA) is 97.2 Å². The quantitative estimate of drug-likeness (QED) is 0.835. The van der Waals surface area contributed by atoms with Crippen LogP contribution in [0.25, 0.3) is 5.82 Å².